The zero-order valence-electron chi connectivity index (χ0n) is 11.3. The lowest BCUT2D eigenvalue weighted by Gasteiger charge is -2.44. The molecule has 0 heterocycles. The predicted molar refractivity (Wildman–Crippen MR) is 73.0 cm³/mol. The van der Waals surface area contributed by atoms with Gasteiger partial charge in [-0.3, -0.25) is 4.79 Å². The Morgan fingerprint density at radius 2 is 2.05 bits per heavy atom. The van der Waals surface area contributed by atoms with Gasteiger partial charge >= 0.3 is 0 Å². The molecule has 1 aliphatic rings. The quantitative estimate of drug-likeness (QED) is 0.853. The van der Waals surface area contributed by atoms with E-state index in [0.717, 1.165) is 18.4 Å². The van der Waals surface area contributed by atoms with Crippen LogP contribution >= 0.6 is 0 Å². The molecule has 0 spiro atoms. The number of carbonyl (C=O) groups is 1. The van der Waals surface area contributed by atoms with Gasteiger partial charge in [0.1, 0.15) is 5.82 Å². The number of nitrogens with two attached hydrogens (primary N) is 1. The molecule has 0 aromatic heterocycles. The van der Waals surface area contributed by atoms with E-state index in [9.17, 15) is 9.18 Å². The van der Waals surface area contributed by atoms with Crippen LogP contribution in [0.15, 0.2) is 24.3 Å². The first kappa shape index (κ1) is 14.0. The van der Waals surface area contributed by atoms with Gasteiger partial charge in [-0.1, -0.05) is 19.1 Å². The summed E-state index contributed by atoms with van der Waals surface area (Å²) in [6.07, 6.45) is 2.47. The first-order valence-electron chi connectivity index (χ1n) is 6.78. The summed E-state index contributed by atoms with van der Waals surface area (Å²) in [5, 5.41) is 2.95. The molecule has 1 aromatic carbocycles. The Balaban J connectivity index is 1.79. The van der Waals surface area contributed by atoms with E-state index >= 15 is 0 Å². The van der Waals surface area contributed by atoms with Crippen molar-refractivity contribution in [3.05, 3.63) is 35.6 Å². The maximum absolute atomic E-state index is 12.7. The van der Waals surface area contributed by atoms with Crippen LogP contribution in [0.2, 0.25) is 0 Å². The van der Waals surface area contributed by atoms with Gasteiger partial charge in [-0.05, 0) is 42.9 Å². The summed E-state index contributed by atoms with van der Waals surface area (Å²) in [5.41, 5.74) is 6.40. The average molecular weight is 264 g/mol. The molecule has 3 N–H and O–H groups in total. The Bertz CT molecular complexity index is 438. The first-order valence-corrected chi connectivity index (χ1v) is 6.78. The Morgan fingerprint density at radius 3 is 2.58 bits per heavy atom. The number of hydrogen-bond acceptors (Lipinski definition) is 2. The molecule has 0 radical (unpaired) electrons. The SMILES string of the molecule is CC1CC(CN)(C(=O)NCCc2ccc(F)cc2)C1. The minimum Gasteiger partial charge on any atom is -0.355 e. The van der Waals surface area contributed by atoms with Crippen LogP contribution in [-0.2, 0) is 11.2 Å². The van der Waals surface area contributed by atoms with Crippen molar-refractivity contribution in [1.29, 1.82) is 0 Å². The fourth-order valence-corrected chi connectivity index (χ4v) is 2.88. The normalized spacial score (nSPS) is 25.7. The minimum absolute atomic E-state index is 0.0650. The standard InChI is InChI=1S/C15H21FN2O/c1-11-8-15(9-11,10-17)14(19)18-7-6-12-2-4-13(16)5-3-12/h2-5,11H,6-10,17H2,1H3,(H,18,19). The minimum atomic E-state index is -0.345. The second-order valence-corrected chi connectivity index (χ2v) is 5.63. The van der Waals surface area contributed by atoms with Crippen molar-refractivity contribution in [2.45, 2.75) is 26.2 Å². The summed E-state index contributed by atoms with van der Waals surface area (Å²) in [7, 11) is 0. The fourth-order valence-electron chi connectivity index (χ4n) is 2.88. The molecule has 1 aromatic rings. The van der Waals surface area contributed by atoms with Crippen LogP contribution in [0.3, 0.4) is 0 Å². The summed E-state index contributed by atoms with van der Waals surface area (Å²) in [5.74, 6) is 0.417. The maximum Gasteiger partial charge on any atom is 0.227 e. The molecule has 2 rings (SSSR count). The zero-order valence-corrected chi connectivity index (χ0v) is 11.3. The largest absolute Gasteiger partial charge is 0.355 e. The molecule has 0 atom stereocenters. The average Bonchev–Trinajstić information content (AvgIpc) is 2.37. The number of halogens is 1. The van der Waals surface area contributed by atoms with Crippen molar-refractivity contribution >= 4 is 5.91 Å². The highest BCUT2D eigenvalue weighted by molar-refractivity contribution is 5.83. The second kappa shape index (κ2) is 5.70. The molecular formula is C15H21FN2O. The fraction of sp³-hybridized carbons (Fsp3) is 0.533. The van der Waals surface area contributed by atoms with E-state index in [1.54, 1.807) is 12.1 Å². The van der Waals surface area contributed by atoms with Crippen molar-refractivity contribution in [2.75, 3.05) is 13.1 Å². The van der Waals surface area contributed by atoms with E-state index in [1.165, 1.54) is 12.1 Å². The summed E-state index contributed by atoms with van der Waals surface area (Å²) in [6, 6.07) is 6.36. The van der Waals surface area contributed by atoms with Gasteiger partial charge in [-0.2, -0.15) is 0 Å². The van der Waals surface area contributed by atoms with Crippen LogP contribution < -0.4 is 11.1 Å². The molecule has 104 valence electrons. The van der Waals surface area contributed by atoms with Crippen LogP contribution in [0, 0.1) is 17.2 Å². The molecule has 1 saturated carbocycles. The third kappa shape index (κ3) is 3.13. The van der Waals surface area contributed by atoms with Crippen LogP contribution in [0.1, 0.15) is 25.3 Å². The molecule has 1 amide bonds. The second-order valence-electron chi connectivity index (χ2n) is 5.63. The monoisotopic (exact) mass is 264 g/mol. The number of hydrogen-bond donors (Lipinski definition) is 2. The Morgan fingerprint density at radius 1 is 1.42 bits per heavy atom. The van der Waals surface area contributed by atoms with Crippen molar-refractivity contribution < 1.29 is 9.18 Å². The van der Waals surface area contributed by atoms with Gasteiger partial charge in [-0.25, -0.2) is 4.39 Å². The van der Waals surface area contributed by atoms with Crippen LogP contribution in [0.25, 0.3) is 0 Å². The summed E-state index contributed by atoms with van der Waals surface area (Å²) in [6.45, 7) is 3.13. The Kier molecular flexibility index (Phi) is 4.20. The van der Waals surface area contributed by atoms with Gasteiger partial charge in [0.15, 0.2) is 0 Å². The van der Waals surface area contributed by atoms with Crippen LogP contribution in [0.5, 0.6) is 0 Å². The smallest absolute Gasteiger partial charge is 0.227 e. The lowest BCUT2D eigenvalue weighted by molar-refractivity contribution is -0.138. The molecule has 4 heteroatoms. The molecule has 1 fully saturated rings. The molecule has 3 nitrogen and oxygen atoms in total. The number of amides is 1. The van der Waals surface area contributed by atoms with Crippen LogP contribution in [-0.4, -0.2) is 19.0 Å². The van der Waals surface area contributed by atoms with Crippen molar-refractivity contribution in [3.8, 4) is 0 Å². The van der Waals surface area contributed by atoms with Crippen molar-refractivity contribution in [1.82, 2.24) is 5.32 Å². The van der Waals surface area contributed by atoms with E-state index in [1.807, 2.05) is 0 Å². The summed E-state index contributed by atoms with van der Waals surface area (Å²) in [4.78, 5) is 12.1. The van der Waals surface area contributed by atoms with Gasteiger partial charge in [0.25, 0.3) is 0 Å². The lowest BCUT2D eigenvalue weighted by atomic mass is 9.62. The highest BCUT2D eigenvalue weighted by atomic mass is 19.1. The van der Waals surface area contributed by atoms with E-state index in [0.29, 0.717) is 25.4 Å². The number of rotatable bonds is 5. The van der Waals surface area contributed by atoms with Gasteiger partial charge in [0.2, 0.25) is 5.91 Å². The number of benzene rings is 1. The van der Waals surface area contributed by atoms with E-state index in [4.69, 9.17) is 5.73 Å². The van der Waals surface area contributed by atoms with E-state index in [-0.39, 0.29) is 17.1 Å². The highest BCUT2D eigenvalue weighted by Crippen LogP contribution is 2.44. The first-order chi connectivity index (χ1) is 9.05. The molecule has 0 aliphatic heterocycles. The highest BCUT2D eigenvalue weighted by Gasteiger charge is 2.46. The predicted octanol–water partition coefficient (Wildman–Crippen LogP) is 1.86. The van der Waals surface area contributed by atoms with E-state index in [2.05, 4.69) is 12.2 Å². The molecule has 1 aliphatic carbocycles. The maximum atomic E-state index is 12.7. The Labute approximate surface area is 113 Å². The number of nitrogens with one attached hydrogen (secondary N) is 1. The van der Waals surface area contributed by atoms with Crippen molar-refractivity contribution in [2.24, 2.45) is 17.1 Å². The lowest BCUT2D eigenvalue weighted by Crippen LogP contribution is -2.53. The Hall–Kier alpha value is -1.42. The molecule has 19 heavy (non-hydrogen) atoms. The number of carbonyl (C=O) groups excluding carboxylic acids is 1. The molecule has 0 unspecified atom stereocenters. The molecule has 0 saturated heterocycles. The molecular weight excluding hydrogens is 243 g/mol. The van der Waals surface area contributed by atoms with Gasteiger partial charge < -0.3 is 11.1 Å². The molecule has 0 bridgehead atoms. The zero-order chi connectivity index (χ0) is 13.9. The van der Waals surface area contributed by atoms with Gasteiger partial charge in [0.05, 0.1) is 5.41 Å². The summed E-state index contributed by atoms with van der Waals surface area (Å²) >= 11 is 0. The van der Waals surface area contributed by atoms with Crippen LogP contribution in [0.4, 0.5) is 4.39 Å². The van der Waals surface area contributed by atoms with Crippen molar-refractivity contribution in [3.63, 3.8) is 0 Å². The topological polar surface area (TPSA) is 55.1 Å². The third-order valence-corrected chi connectivity index (χ3v) is 3.96. The third-order valence-electron chi connectivity index (χ3n) is 3.96. The summed E-state index contributed by atoms with van der Waals surface area (Å²) < 4.78 is 12.7. The van der Waals surface area contributed by atoms with Gasteiger partial charge in [0, 0.05) is 13.1 Å². The van der Waals surface area contributed by atoms with Gasteiger partial charge in [-0.15, -0.1) is 0 Å². The van der Waals surface area contributed by atoms with E-state index < -0.39 is 0 Å².